The van der Waals surface area contributed by atoms with Crippen molar-refractivity contribution in [3.05, 3.63) is 69.4 Å². The van der Waals surface area contributed by atoms with Gasteiger partial charge in [-0.2, -0.15) is 8.78 Å². The van der Waals surface area contributed by atoms with Gasteiger partial charge in [-0.1, -0.05) is 24.3 Å². The van der Waals surface area contributed by atoms with Crippen molar-refractivity contribution in [2.24, 2.45) is 0 Å². The van der Waals surface area contributed by atoms with Gasteiger partial charge < -0.3 is 10.3 Å². The number of hydrogen-bond donors (Lipinski definition) is 2. The van der Waals surface area contributed by atoms with E-state index in [1.165, 1.54) is 24.3 Å². The molecule has 0 aliphatic rings. The molecule has 0 saturated carbocycles. The van der Waals surface area contributed by atoms with Gasteiger partial charge >= 0.3 is 11.4 Å². The third kappa shape index (κ3) is 3.56. The zero-order chi connectivity index (χ0) is 20.5. The van der Waals surface area contributed by atoms with E-state index in [2.05, 4.69) is 10.3 Å². The standard InChI is InChI=1S/C17H13F2N3O5S/c18-16(19)28(26,27)13-8-4-3-7-12(13)20-14(23)9-22-15(24)10-5-1-2-6-11(10)21-17(22)25/h1-8,16H,9H2,(H,20,23)(H,21,25). The van der Waals surface area contributed by atoms with Crippen LogP contribution in [0.25, 0.3) is 10.9 Å². The number of fused-ring (bicyclic) bond motifs is 1. The Hall–Kier alpha value is -3.34. The van der Waals surface area contributed by atoms with Crippen molar-refractivity contribution in [2.45, 2.75) is 17.2 Å². The molecule has 2 N–H and O–H groups in total. The molecule has 2 aromatic carbocycles. The molecule has 0 unspecified atom stereocenters. The lowest BCUT2D eigenvalue weighted by Crippen LogP contribution is -2.38. The molecule has 1 aromatic heterocycles. The van der Waals surface area contributed by atoms with Crippen LogP contribution in [0.1, 0.15) is 0 Å². The summed E-state index contributed by atoms with van der Waals surface area (Å²) >= 11 is 0. The van der Waals surface area contributed by atoms with E-state index >= 15 is 0 Å². The van der Waals surface area contributed by atoms with Gasteiger partial charge in [0.25, 0.3) is 5.56 Å². The molecule has 0 saturated heterocycles. The Kier molecular flexibility index (Phi) is 5.10. The van der Waals surface area contributed by atoms with Gasteiger partial charge in [-0.3, -0.25) is 14.2 Å². The van der Waals surface area contributed by atoms with Crippen molar-refractivity contribution in [1.29, 1.82) is 0 Å². The zero-order valence-corrected chi connectivity index (χ0v) is 14.9. The molecule has 0 aliphatic carbocycles. The van der Waals surface area contributed by atoms with Crippen molar-refractivity contribution < 1.29 is 22.0 Å². The maximum absolute atomic E-state index is 12.8. The highest BCUT2D eigenvalue weighted by atomic mass is 32.2. The molecule has 3 rings (SSSR count). The summed E-state index contributed by atoms with van der Waals surface area (Å²) in [6.07, 6.45) is 0. The summed E-state index contributed by atoms with van der Waals surface area (Å²) in [5.74, 6) is -4.60. The second-order valence-electron chi connectivity index (χ2n) is 5.72. The number of anilines is 1. The fourth-order valence-electron chi connectivity index (χ4n) is 2.59. The van der Waals surface area contributed by atoms with E-state index in [0.29, 0.717) is 10.1 Å². The molecule has 0 aliphatic heterocycles. The number of aromatic amines is 1. The van der Waals surface area contributed by atoms with E-state index in [0.717, 1.165) is 12.1 Å². The number of aromatic nitrogens is 2. The van der Waals surface area contributed by atoms with Crippen LogP contribution in [0.3, 0.4) is 0 Å². The topological polar surface area (TPSA) is 118 Å². The molecule has 11 heteroatoms. The van der Waals surface area contributed by atoms with E-state index in [4.69, 9.17) is 0 Å². The number of amides is 1. The summed E-state index contributed by atoms with van der Waals surface area (Å²) < 4.78 is 49.7. The highest BCUT2D eigenvalue weighted by molar-refractivity contribution is 7.91. The molecule has 0 fully saturated rings. The molecule has 0 radical (unpaired) electrons. The molecule has 0 spiro atoms. The number of alkyl halides is 2. The largest absolute Gasteiger partial charge is 0.341 e. The van der Waals surface area contributed by atoms with Crippen LogP contribution >= 0.6 is 0 Å². The highest BCUT2D eigenvalue weighted by Crippen LogP contribution is 2.26. The number of H-pyrrole nitrogens is 1. The van der Waals surface area contributed by atoms with Gasteiger partial charge in [-0.15, -0.1) is 0 Å². The number of halogens is 2. The Labute approximate surface area is 156 Å². The van der Waals surface area contributed by atoms with Crippen LogP contribution in [0.5, 0.6) is 0 Å². The first-order valence-corrected chi connectivity index (χ1v) is 9.39. The lowest BCUT2D eigenvalue weighted by Gasteiger charge is -2.12. The monoisotopic (exact) mass is 409 g/mol. The Bertz CT molecular complexity index is 1280. The van der Waals surface area contributed by atoms with Gasteiger partial charge in [0, 0.05) is 0 Å². The summed E-state index contributed by atoms with van der Waals surface area (Å²) in [6.45, 7) is -0.734. The Morgan fingerprint density at radius 1 is 1.07 bits per heavy atom. The van der Waals surface area contributed by atoms with Crippen LogP contribution in [-0.2, 0) is 21.2 Å². The fraction of sp³-hybridized carbons (Fsp3) is 0.118. The number of nitrogens with one attached hydrogen (secondary N) is 2. The first-order valence-electron chi connectivity index (χ1n) is 7.84. The van der Waals surface area contributed by atoms with Crippen LogP contribution in [0.4, 0.5) is 14.5 Å². The van der Waals surface area contributed by atoms with Gasteiger partial charge in [-0.05, 0) is 24.3 Å². The number of hydrogen-bond acceptors (Lipinski definition) is 5. The van der Waals surface area contributed by atoms with Gasteiger partial charge in [0.2, 0.25) is 15.7 Å². The second-order valence-corrected chi connectivity index (χ2v) is 7.60. The molecular weight excluding hydrogens is 396 g/mol. The number of rotatable bonds is 5. The average molecular weight is 409 g/mol. The maximum atomic E-state index is 12.8. The lowest BCUT2D eigenvalue weighted by molar-refractivity contribution is -0.116. The van der Waals surface area contributed by atoms with Crippen molar-refractivity contribution >= 4 is 32.3 Å². The van der Waals surface area contributed by atoms with E-state index in [1.54, 1.807) is 12.1 Å². The van der Waals surface area contributed by atoms with Gasteiger partial charge in [0.05, 0.1) is 21.5 Å². The number of nitrogens with zero attached hydrogens (tertiary/aromatic N) is 1. The first-order chi connectivity index (χ1) is 13.2. The Morgan fingerprint density at radius 2 is 1.71 bits per heavy atom. The van der Waals surface area contributed by atoms with Crippen LogP contribution in [0.2, 0.25) is 0 Å². The van der Waals surface area contributed by atoms with Crippen LogP contribution < -0.4 is 16.6 Å². The van der Waals surface area contributed by atoms with Crippen LogP contribution in [0.15, 0.2) is 63.0 Å². The van der Waals surface area contributed by atoms with Gasteiger partial charge in [0.1, 0.15) is 6.54 Å². The molecule has 0 bridgehead atoms. The Balaban J connectivity index is 1.94. The lowest BCUT2D eigenvalue weighted by atomic mass is 10.2. The number of sulfone groups is 1. The molecule has 3 aromatic rings. The van der Waals surface area contributed by atoms with E-state index in [9.17, 15) is 31.6 Å². The molecule has 1 heterocycles. The van der Waals surface area contributed by atoms with E-state index < -0.39 is 44.2 Å². The maximum Gasteiger partial charge on any atom is 0.341 e. The van der Waals surface area contributed by atoms with Crippen molar-refractivity contribution in [2.75, 3.05) is 5.32 Å². The average Bonchev–Trinajstić information content (AvgIpc) is 2.65. The minimum Gasteiger partial charge on any atom is -0.323 e. The van der Waals surface area contributed by atoms with Crippen molar-refractivity contribution in [3.8, 4) is 0 Å². The predicted molar refractivity (Wildman–Crippen MR) is 97.1 cm³/mol. The van der Waals surface area contributed by atoms with Crippen LogP contribution in [0, 0.1) is 0 Å². The minimum absolute atomic E-state index is 0.176. The summed E-state index contributed by atoms with van der Waals surface area (Å²) in [5.41, 5.74) is -1.64. The zero-order valence-electron chi connectivity index (χ0n) is 14.1. The summed E-state index contributed by atoms with van der Waals surface area (Å²) in [6, 6.07) is 10.8. The predicted octanol–water partition coefficient (Wildman–Crippen LogP) is 1.32. The number of para-hydroxylation sites is 2. The Morgan fingerprint density at radius 3 is 2.43 bits per heavy atom. The molecule has 146 valence electrons. The van der Waals surface area contributed by atoms with Crippen molar-refractivity contribution in [3.63, 3.8) is 0 Å². The summed E-state index contributed by atoms with van der Waals surface area (Å²) in [5, 5.41) is 2.34. The third-order valence-electron chi connectivity index (χ3n) is 3.89. The van der Waals surface area contributed by atoms with Crippen molar-refractivity contribution in [1.82, 2.24) is 9.55 Å². The summed E-state index contributed by atoms with van der Waals surface area (Å²) in [4.78, 5) is 38.5. The molecule has 1 amide bonds. The van der Waals surface area contributed by atoms with E-state index in [1.807, 2.05) is 0 Å². The number of carbonyl (C=O) groups is 1. The number of benzene rings is 2. The van der Waals surface area contributed by atoms with E-state index in [-0.39, 0.29) is 11.1 Å². The quantitative estimate of drug-likeness (QED) is 0.659. The molecule has 0 atom stereocenters. The highest BCUT2D eigenvalue weighted by Gasteiger charge is 2.29. The summed E-state index contributed by atoms with van der Waals surface area (Å²) in [7, 11) is -4.96. The van der Waals surface area contributed by atoms with Gasteiger partial charge in [0.15, 0.2) is 0 Å². The normalized spacial score (nSPS) is 11.7. The minimum atomic E-state index is -4.96. The molecule has 8 nitrogen and oxygen atoms in total. The first kappa shape index (κ1) is 19.4. The van der Waals surface area contributed by atoms with Gasteiger partial charge in [-0.25, -0.2) is 13.2 Å². The fourth-order valence-corrected chi connectivity index (χ4v) is 3.48. The smallest absolute Gasteiger partial charge is 0.323 e. The molecular formula is C17H13F2N3O5S. The molecule has 28 heavy (non-hydrogen) atoms. The second kappa shape index (κ2) is 7.35. The van der Waals surface area contributed by atoms with Crippen LogP contribution in [-0.4, -0.2) is 29.6 Å². The SMILES string of the molecule is O=C(Cn1c(=O)[nH]c2ccccc2c1=O)Nc1ccccc1S(=O)(=O)C(F)F. The third-order valence-corrected chi connectivity index (χ3v) is 5.33. The number of carbonyl (C=O) groups excluding carboxylic acids is 1.